The lowest BCUT2D eigenvalue weighted by Gasteiger charge is -2.20. The van der Waals surface area contributed by atoms with E-state index in [4.69, 9.17) is 5.11 Å². The lowest BCUT2D eigenvalue weighted by atomic mass is 10.2. The fourth-order valence-electron chi connectivity index (χ4n) is 3.30. The van der Waals surface area contributed by atoms with Crippen LogP contribution in [0.25, 0.3) is 0 Å². The van der Waals surface area contributed by atoms with Crippen molar-refractivity contribution >= 4 is 39.2 Å². The number of halogens is 3. The van der Waals surface area contributed by atoms with Gasteiger partial charge in [0.1, 0.15) is 17.2 Å². The van der Waals surface area contributed by atoms with Gasteiger partial charge in [-0.2, -0.15) is 18.2 Å². The van der Waals surface area contributed by atoms with Crippen LogP contribution >= 0.6 is 0 Å². The molecule has 1 aromatic carbocycles. The molecule has 0 fully saturated rings. The molecular formula is C23H26F3N7O4S. The number of anilines is 4. The zero-order valence-corrected chi connectivity index (χ0v) is 21.5. The Balaban J connectivity index is 1.89. The van der Waals surface area contributed by atoms with Crippen LogP contribution in [0.4, 0.5) is 36.4 Å². The predicted molar refractivity (Wildman–Crippen MR) is 136 cm³/mol. The number of sulfonamides is 1. The molecule has 3 aromatic rings. The monoisotopic (exact) mass is 553 g/mol. The Morgan fingerprint density at radius 1 is 1.13 bits per heavy atom. The summed E-state index contributed by atoms with van der Waals surface area (Å²) < 4.78 is 65.9. The van der Waals surface area contributed by atoms with Crippen molar-refractivity contribution in [3.8, 4) is 0 Å². The van der Waals surface area contributed by atoms with Crippen molar-refractivity contribution in [2.75, 3.05) is 48.4 Å². The van der Waals surface area contributed by atoms with Gasteiger partial charge in [0.2, 0.25) is 16.0 Å². The first-order valence-corrected chi connectivity index (χ1v) is 13.0. The highest BCUT2D eigenvalue weighted by Crippen LogP contribution is 2.34. The molecule has 204 valence electrons. The number of aliphatic hydroxyl groups is 1. The normalized spacial score (nSPS) is 11.7. The van der Waals surface area contributed by atoms with E-state index >= 15 is 0 Å². The Kier molecular flexibility index (Phi) is 8.73. The number of likely N-dealkylation sites (N-methyl/N-ethyl adjacent to an activating group) is 1. The van der Waals surface area contributed by atoms with E-state index in [0.29, 0.717) is 17.4 Å². The highest BCUT2D eigenvalue weighted by Gasteiger charge is 2.35. The third-order valence-corrected chi connectivity index (χ3v) is 6.52. The molecule has 2 heterocycles. The second-order valence-corrected chi connectivity index (χ2v) is 10.2. The highest BCUT2D eigenvalue weighted by atomic mass is 32.2. The quantitative estimate of drug-likeness (QED) is 0.346. The van der Waals surface area contributed by atoms with Crippen molar-refractivity contribution in [3.05, 3.63) is 65.5 Å². The van der Waals surface area contributed by atoms with Crippen molar-refractivity contribution in [3.63, 3.8) is 0 Å². The number of nitrogens with zero attached hydrogens (tertiary/aromatic N) is 5. The molecule has 0 saturated heterocycles. The molecule has 3 rings (SSSR count). The van der Waals surface area contributed by atoms with Gasteiger partial charge >= 0.3 is 6.18 Å². The second kappa shape index (κ2) is 11.6. The lowest BCUT2D eigenvalue weighted by molar-refractivity contribution is -0.137. The van der Waals surface area contributed by atoms with Crippen molar-refractivity contribution in [2.24, 2.45) is 0 Å². The van der Waals surface area contributed by atoms with Gasteiger partial charge in [0.15, 0.2) is 0 Å². The minimum atomic E-state index is -4.77. The molecule has 0 spiro atoms. The second-order valence-electron chi connectivity index (χ2n) is 8.18. The fraction of sp³-hybridized carbons (Fsp3) is 0.304. The standard InChI is InChI=1S/C23H26F3N7O4S/c1-32(10-11-34)21(35)15-6-4-8-17(12-15)30-22-29-14-18(23(24,25)26)19(31-22)28-13-16-7-5-9-27-20(16)33(2)38(3,36)37/h4-9,12,14,34H,10-11,13H2,1-3H3,(H2,28,29,30,31). The first kappa shape index (κ1) is 28.6. The Labute approximate surface area is 217 Å². The maximum absolute atomic E-state index is 13.7. The third-order valence-electron chi connectivity index (χ3n) is 5.35. The van der Waals surface area contributed by atoms with Gasteiger partial charge in [0.25, 0.3) is 5.91 Å². The van der Waals surface area contributed by atoms with Gasteiger partial charge in [-0.05, 0) is 24.3 Å². The third kappa shape index (κ3) is 7.07. The number of rotatable bonds is 10. The van der Waals surface area contributed by atoms with Gasteiger partial charge in [-0.15, -0.1) is 0 Å². The summed E-state index contributed by atoms with van der Waals surface area (Å²) in [4.78, 5) is 25.6. The summed E-state index contributed by atoms with van der Waals surface area (Å²) in [5.74, 6) is -1.02. The van der Waals surface area contributed by atoms with Crippen LogP contribution in [0.3, 0.4) is 0 Å². The van der Waals surface area contributed by atoms with E-state index in [0.717, 1.165) is 10.6 Å². The number of hydrogen-bond acceptors (Lipinski definition) is 9. The van der Waals surface area contributed by atoms with E-state index < -0.39 is 27.6 Å². The number of aromatic nitrogens is 3. The molecule has 0 unspecified atom stereocenters. The largest absolute Gasteiger partial charge is 0.421 e. The molecule has 0 aliphatic rings. The smallest absolute Gasteiger partial charge is 0.395 e. The number of alkyl halides is 3. The molecule has 3 N–H and O–H groups in total. The average Bonchev–Trinajstić information content (AvgIpc) is 2.86. The highest BCUT2D eigenvalue weighted by molar-refractivity contribution is 7.92. The van der Waals surface area contributed by atoms with Crippen molar-refractivity contribution < 1.29 is 31.5 Å². The number of amides is 1. The zero-order chi connectivity index (χ0) is 28.1. The molecule has 0 aliphatic carbocycles. The van der Waals surface area contributed by atoms with Crippen LogP contribution in [0.1, 0.15) is 21.5 Å². The number of carbonyl (C=O) groups excluding carboxylic acids is 1. The van der Waals surface area contributed by atoms with Gasteiger partial charge in [0.05, 0.1) is 12.9 Å². The van der Waals surface area contributed by atoms with Crippen molar-refractivity contribution in [2.45, 2.75) is 12.7 Å². The summed E-state index contributed by atoms with van der Waals surface area (Å²) in [6, 6.07) is 9.25. The molecule has 0 bridgehead atoms. The van der Waals surface area contributed by atoms with E-state index in [1.165, 1.54) is 43.4 Å². The Bertz CT molecular complexity index is 1400. The molecule has 0 saturated carbocycles. The minimum Gasteiger partial charge on any atom is -0.395 e. The summed E-state index contributed by atoms with van der Waals surface area (Å²) >= 11 is 0. The molecule has 2 aromatic heterocycles. The number of hydrogen-bond donors (Lipinski definition) is 3. The maximum Gasteiger partial charge on any atom is 0.421 e. The van der Waals surface area contributed by atoms with Gasteiger partial charge in [-0.3, -0.25) is 9.10 Å². The average molecular weight is 554 g/mol. The number of benzene rings is 1. The van der Waals surface area contributed by atoms with Crippen LogP contribution in [-0.4, -0.2) is 72.8 Å². The molecule has 1 amide bonds. The van der Waals surface area contributed by atoms with Crippen LogP contribution in [0.5, 0.6) is 0 Å². The number of nitrogens with one attached hydrogen (secondary N) is 2. The van der Waals surface area contributed by atoms with Crippen LogP contribution in [0.15, 0.2) is 48.8 Å². The first-order valence-electron chi connectivity index (χ1n) is 11.1. The number of pyridine rings is 1. The van der Waals surface area contributed by atoms with Crippen LogP contribution in [0, 0.1) is 0 Å². The topological polar surface area (TPSA) is 141 Å². The zero-order valence-electron chi connectivity index (χ0n) is 20.7. The first-order chi connectivity index (χ1) is 17.8. The molecule has 15 heteroatoms. The number of aliphatic hydroxyl groups excluding tert-OH is 1. The van der Waals surface area contributed by atoms with Gasteiger partial charge in [-0.1, -0.05) is 12.1 Å². The van der Waals surface area contributed by atoms with Gasteiger partial charge in [0, 0.05) is 56.4 Å². The summed E-state index contributed by atoms with van der Waals surface area (Å²) in [7, 11) is -0.853. The van der Waals surface area contributed by atoms with E-state index in [1.54, 1.807) is 18.2 Å². The van der Waals surface area contributed by atoms with Gasteiger partial charge in [-0.25, -0.2) is 18.4 Å². The van der Waals surface area contributed by atoms with Crippen molar-refractivity contribution in [1.82, 2.24) is 19.9 Å². The van der Waals surface area contributed by atoms with E-state index in [1.807, 2.05) is 0 Å². The Morgan fingerprint density at radius 2 is 1.87 bits per heavy atom. The van der Waals surface area contributed by atoms with E-state index in [2.05, 4.69) is 25.6 Å². The fourth-order valence-corrected chi connectivity index (χ4v) is 3.78. The summed E-state index contributed by atoms with van der Waals surface area (Å²) in [6.07, 6.45) is -1.80. The van der Waals surface area contributed by atoms with Crippen molar-refractivity contribution in [1.29, 1.82) is 0 Å². The molecule has 38 heavy (non-hydrogen) atoms. The Hall–Kier alpha value is -3.98. The van der Waals surface area contributed by atoms with Crippen LogP contribution in [0.2, 0.25) is 0 Å². The molecule has 11 nitrogen and oxygen atoms in total. The van der Waals surface area contributed by atoms with Crippen LogP contribution < -0.4 is 14.9 Å². The lowest BCUT2D eigenvalue weighted by Crippen LogP contribution is -2.29. The molecular weight excluding hydrogens is 527 g/mol. The predicted octanol–water partition coefficient (Wildman–Crippen LogP) is 2.71. The summed E-state index contributed by atoms with van der Waals surface area (Å²) in [5, 5.41) is 14.4. The summed E-state index contributed by atoms with van der Waals surface area (Å²) in [6.45, 7) is -0.295. The molecule has 0 aliphatic heterocycles. The van der Waals surface area contributed by atoms with E-state index in [-0.39, 0.29) is 42.9 Å². The van der Waals surface area contributed by atoms with Gasteiger partial charge < -0.3 is 20.6 Å². The summed E-state index contributed by atoms with van der Waals surface area (Å²) in [5.41, 5.74) is -0.169. The Morgan fingerprint density at radius 3 is 2.53 bits per heavy atom. The van der Waals surface area contributed by atoms with E-state index in [9.17, 15) is 26.4 Å². The van der Waals surface area contributed by atoms with Crippen LogP contribution in [-0.2, 0) is 22.7 Å². The molecule has 0 atom stereocenters. The maximum atomic E-state index is 13.7. The SMILES string of the molecule is CN(CCO)C(=O)c1cccc(Nc2ncc(C(F)(F)F)c(NCc3cccnc3N(C)S(C)(=O)=O)n2)c1. The minimum absolute atomic E-state index is 0.0520. The number of carbonyl (C=O) groups is 1. The molecule has 0 radical (unpaired) electrons.